The molecule has 76 valence electrons. The average Bonchev–Trinajstić information content (AvgIpc) is 2.14. The predicted molar refractivity (Wildman–Crippen MR) is 45.1 cm³/mol. The zero-order valence-corrected chi connectivity index (χ0v) is 7.34. The topological polar surface area (TPSA) is 37.8 Å². The van der Waals surface area contributed by atoms with Gasteiger partial charge in [-0.05, 0) is 18.3 Å². The number of aromatic nitrogens is 2. The quantitative estimate of drug-likeness (QED) is 0.794. The summed E-state index contributed by atoms with van der Waals surface area (Å²) in [6.45, 7) is 0. The van der Waals surface area contributed by atoms with Gasteiger partial charge in [-0.1, -0.05) is 0 Å². The summed E-state index contributed by atoms with van der Waals surface area (Å²) < 4.78 is 36.5. The van der Waals surface area contributed by atoms with Crippen LogP contribution in [-0.2, 0) is 6.18 Å². The Kier molecular flexibility index (Phi) is 3.06. The van der Waals surface area contributed by atoms with E-state index < -0.39 is 11.9 Å². The van der Waals surface area contributed by atoms with Gasteiger partial charge in [-0.3, -0.25) is 0 Å². The van der Waals surface area contributed by atoms with Crippen molar-refractivity contribution in [1.29, 1.82) is 0 Å². The van der Waals surface area contributed by atoms with E-state index in [2.05, 4.69) is 15.3 Å². The van der Waals surface area contributed by atoms with E-state index >= 15 is 0 Å². The molecular formula is C8H8F3N3. The fourth-order valence-corrected chi connectivity index (χ4v) is 0.787. The van der Waals surface area contributed by atoms with Gasteiger partial charge in [0.15, 0.2) is 0 Å². The third-order valence-corrected chi connectivity index (χ3v) is 1.40. The molecule has 0 bridgehead atoms. The van der Waals surface area contributed by atoms with Gasteiger partial charge in [-0.15, -0.1) is 0 Å². The summed E-state index contributed by atoms with van der Waals surface area (Å²) in [5.41, 5.74) is -0.732. The molecule has 1 rings (SSSR count). The molecule has 0 saturated heterocycles. The van der Waals surface area contributed by atoms with Crippen molar-refractivity contribution in [2.75, 3.05) is 7.05 Å². The number of rotatable bonds is 2. The van der Waals surface area contributed by atoms with Crippen LogP contribution in [0.2, 0.25) is 0 Å². The minimum atomic E-state index is -4.43. The lowest BCUT2D eigenvalue weighted by molar-refractivity contribution is -0.141. The number of alkyl halides is 3. The molecule has 1 heterocycles. The van der Waals surface area contributed by atoms with Gasteiger partial charge in [-0.25, -0.2) is 9.97 Å². The summed E-state index contributed by atoms with van der Waals surface area (Å²) in [5.74, 6) is 0. The first-order chi connectivity index (χ1) is 6.54. The molecule has 1 N–H and O–H groups in total. The van der Waals surface area contributed by atoms with Crippen molar-refractivity contribution < 1.29 is 13.2 Å². The van der Waals surface area contributed by atoms with E-state index in [1.54, 1.807) is 7.05 Å². The molecule has 0 saturated carbocycles. The maximum Gasteiger partial charge on any atom is 0.433 e. The Morgan fingerprint density at radius 3 is 2.64 bits per heavy atom. The maximum atomic E-state index is 12.2. The number of nitrogens with zero attached hydrogens (tertiary/aromatic N) is 2. The fraction of sp³-hybridized carbons (Fsp3) is 0.250. The van der Waals surface area contributed by atoms with Crippen LogP contribution in [0.3, 0.4) is 0 Å². The Morgan fingerprint density at radius 2 is 2.07 bits per heavy atom. The van der Waals surface area contributed by atoms with E-state index in [0.717, 1.165) is 12.4 Å². The third kappa shape index (κ3) is 2.72. The largest absolute Gasteiger partial charge is 0.433 e. The Morgan fingerprint density at radius 1 is 1.36 bits per heavy atom. The molecule has 0 aromatic carbocycles. The second-order valence-electron chi connectivity index (χ2n) is 2.45. The molecule has 0 aliphatic rings. The Balaban J connectivity index is 2.96. The second kappa shape index (κ2) is 4.08. The summed E-state index contributed by atoms with van der Waals surface area (Å²) >= 11 is 0. The van der Waals surface area contributed by atoms with Crippen LogP contribution in [0.25, 0.3) is 6.08 Å². The van der Waals surface area contributed by atoms with Gasteiger partial charge < -0.3 is 5.32 Å². The van der Waals surface area contributed by atoms with Gasteiger partial charge >= 0.3 is 6.18 Å². The fourth-order valence-electron chi connectivity index (χ4n) is 0.787. The number of nitrogens with one attached hydrogen (secondary N) is 1. The van der Waals surface area contributed by atoms with Gasteiger partial charge in [0.05, 0.1) is 5.69 Å². The molecule has 0 fully saturated rings. The number of halogens is 3. The van der Waals surface area contributed by atoms with Crippen LogP contribution >= 0.6 is 0 Å². The van der Waals surface area contributed by atoms with Gasteiger partial charge in [0, 0.05) is 7.05 Å². The molecule has 0 unspecified atom stereocenters. The molecule has 1 aromatic rings. The number of hydrogen-bond donors (Lipinski definition) is 1. The highest BCUT2D eigenvalue weighted by Crippen LogP contribution is 2.27. The first-order valence-corrected chi connectivity index (χ1v) is 3.77. The van der Waals surface area contributed by atoms with Crippen molar-refractivity contribution in [3.8, 4) is 0 Å². The van der Waals surface area contributed by atoms with Gasteiger partial charge in [0.1, 0.15) is 12.0 Å². The van der Waals surface area contributed by atoms with E-state index in [0.29, 0.717) is 0 Å². The molecule has 0 atom stereocenters. The molecule has 1 aromatic heterocycles. The summed E-state index contributed by atoms with van der Waals surface area (Å²) in [5, 5.41) is 2.65. The van der Waals surface area contributed by atoms with Crippen LogP contribution in [0.15, 0.2) is 18.6 Å². The minimum Gasteiger partial charge on any atom is -0.394 e. The van der Waals surface area contributed by atoms with Crippen LogP contribution in [0.5, 0.6) is 0 Å². The van der Waals surface area contributed by atoms with Gasteiger partial charge in [-0.2, -0.15) is 13.2 Å². The standard InChI is InChI=1S/C8H8F3N3/c1-12-3-2-6-4-7(8(9,10)11)14-5-13-6/h2-5,12H,1H3/b3-2-. The van der Waals surface area contributed by atoms with E-state index in [4.69, 9.17) is 0 Å². The van der Waals surface area contributed by atoms with Crippen molar-refractivity contribution in [1.82, 2.24) is 15.3 Å². The molecule has 3 nitrogen and oxygen atoms in total. The van der Waals surface area contributed by atoms with E-state index in [1.165, 1.54) is 12.3 Å². The van der Waals surface area contributed by atoms with Crippen molar-refractivity contribution in [2.45, 2.75) is 6.18 Å². The molecule has 6 heteroatoms. The van der Waals surface area contributed by atoms with Crippen molar-refractivity contribution in [2.24, 2.45) is 0 Å². The SMILES string of the molecule is CN/C=C\c1cc(C(F)(F)F)ncn1. The minimum absolute atomic E-state index is 0.210. The molecule has 0 spiro atoms. The second-order valence-corrected chi connectivity index (χ2v) is 2.45. The highest BCUT2D eigenvalue weighted by molar-refractivity contribution is 5.44. The smallest absolute Gasteiger partial charge is 0.394 e. The number of hydrogen-bond acceptors (Lipinski definition) is 3. The van der Waals surface area contributed by atoms with Crippen LogP contribution in [0, 0.1) is 0 Å². The highest BCUT2D eigenvalue weighted by atomic mass is 19.4. The van der Waals surface area contributed by atoms with Crippen LogP contribution in [0.4, 0.5) is 13.2 Å². The Bertz CT molecular complexity index is 333. The molecule has 0 aliphatic heterocycles. The monoisotopic (exact) mass is 203 g/mol. The first-order valence-electron chi connectivity index (χ1n) is 3.77. The van der Waals surface area contributed by atoms with E-state index in [1.807, 2.05) is 0 Å². The normalized spacial score (nSPS) is 12.0. The average molecular weight is 203 g/mol. The van der Waals surface area contributed by atoms with Crippen molar-refractivity contribution >= 4 is 6.08 Å². The zero-order chi connectivity index (χ0) is 10.6. The van der Waals surface area contributed by atoms with Crippen molar-refractivity contribution in [3.63, 3.8) is 0 Å². The van der Waals surface area contributed by atoms with Crippen LogP contribution < -0.4 is 5.32 Å². The molecule has 0 radical (unpaired) electrons. The van der Waals surface area contributed by atoms with Crippen LogP contribution in [-0.4, -0.2) is 17.0 Å². The lowest BCUT2D eigenvalue weighted by Crippen LogP contribution is -2.08. The van der Waals surface area contributed by atoms with Crippen LogP contribution in [0.1, 0.15) is 11.4 Å². The molecular weight excluding hydrogens is 195 g/mol. The predicted octanol–water partition coefficient (Wildman–Crippen LogP) is 1.69. The lowest BCUT2D eigenvalue weighted by atomic mass is 10.3. The van der Waals surface area contributed by atoms with E-state index in [-0.39, 0.29) is 5.69 Å². The lowest BCUT2D eigenvalue weighted by Gasteiger charge is -2.04. The molecule has 0 aliphatic carbocycles. The van der Waals surface area contributed by atoms with Gasteiger partial charge in [0.25, 0.3) is 0 Å². The summed E-state index contributed by atoms with van der Waals surface area (Å²) in [4.78, 5) is 6.78. The maximum absolute atomic E-state index is 12.2. The third-order valence-electron chi connectivity index (χ3n) is 1.40. The first kappa shape index (κ1) is 10.5. The zero-order valence-electron chi connectivity index (χ0n) is 7.34. The highest BCUT2D eigenvalue weighted by Gasteiger charge is 2.32. The molecule has 0 amide bonds. The van der Waals surface area contributed by atoms with Crippen molar-refractivity contribution in [3.05, 3.63) is 30.0 Å². The molecule has 14 heavy (non-hydrogen) atoms. The van der Waals surface area contributed by atoms with Gasteiger partial charge in [0.2, 0.25) is 0 Å². The summed E-state index contributed by atoms with van der Waals surface area (Å²) in [7, 11) is 1.64. The summed E-state index contributed by atoms with van der Waals surface area (Å²) in [6.07, 6.45) is -0.622. The van der Waals surface area contributed by atoms with E-state index in [9.17, 15) is 13.2 Å². The Labute approximate surface area is 78.7 Å². The Hall–Kier alpha value is -1.59. The summed E-state index contributed by atoms with van der Waals surface area (Å²) in [6, 6.07) is 0.883.